The highest BCUT2D eigenvalue weighted by atomic mass is 16.5. The van der Waals surface area contributed by atoms with Gasteiger partial charge < -0.3 is 14.6 Å². The van der Waals surface area contributed by atoms with Crippen LogP contribution in [0.2, 0.25) is 0 Å². The zero-order valence-electron chi connectivity index (χ0n) is 12.5. The normalized spacial score (nSPS) is 23.3. The van der Waals surface area contributed by atoms with Crippen LogP contribution in [0.4, 0.5) is 0 Å². The van der Waals surface area contributed by atoms with E-state index in [0.29, 0.717) is 17.8 Å². The number of rotatable bonds is 5. The summed E-state index contributed by atoms with van der Waals surface area (Å²) >= 11 is 0. The van der Waals surface area contributed by atoms with Crippen molar-refractivity contribution in [2.24, 2.45) is 0 Å². The average molecular weight is 287 g/mol. The molecule has 0 saturated carbocycles. The fourth-order valence-corrected chi connectivity index (χ4v) is 2.56. The molecule has 3 rings (SSSR count). The van der Waals surface area contributed by atoms with Crippen molar-refractivity contribution >= 4 is 0 Å². The van der Waals surface area contributed by atoms with Crippen LogP contribution in [0.1, 0.15) is 32.1 Å². The predicted octanol–water partition coefficient (Wildman–Crippen LogP) is 2.61. The van der Waals surface area contributed by atoms with Gasteiger partial charge in [0.2, 0.25) is 11.7 Å². The predicted molar refractivity (Wildman–Crippen MR) is 80.0 cm³/mol. The Bertz CT molecular complexity index is 570. The third-order valence-electron chi connectivity index (χ3n) is 3.96. The van der Waals surface area contributed by atoms with Gasteiger partial charge in [0.15, 0.2) is 0 Å². The van der Waals surface area contributed by atoms with E-state index in [1.807, 2.05) is 30.3 Å². The SMILES string of the molecule is C[C@H](CN[C@@H]1CCO[C@H]1C)c1nc(-c2ccccc2)no1. The van der Waals surface area contributed by atoms with Crippen LogP contribution in [-0.2, 0) is 4.74 Å². The zero-order chi connectivity index (χ0) is 14.7. The van der Waals surface area contributed by atoms with Crippen LogP contribution < -0.4 is 5.32 Å². The fourth-order valence-electron chi connectivity index (χ4n) is 2.56. The molecule has 1 aromatic heterocycles. The van der Waals surface area contributed by atoms with Crippen molar-refractivity contribution in [2.75, 3.05) is 13.2 Å². The summed E-state index contributed by atoms with van der Waals surface area (Å²) in [7, 11) is 0. The Balaban J connectivity index is 1.60. The van der Waals surface area contributed by atoms with Crippen molar-refractivity contribution in [3.63, 3.8) is 0 Å². The monoisotopic (exact) mass is 287 g/mol. The lowest BCUT2D eigenvalue weighted by Crippen LogP contribution is -2.36. The van der Waals surface area contributed by atoms with E-state index in [1.165, 1.54) is 0 Å². The van der Waals surface area contributed by atoms with E-state index in [2.05, 4.69) is 29.3 Å². The zero-order valence-corrected chi connectivity index (χ0v) is 12.5. The molecule has 2 aromatic rings. The minimum absolute atomic E-state index is 0.183. The van der Waals surface area contributed by atoms with Gasteiger partial charge >= 0.3 is 0 Å². The van der Waals surface area contributed by atoms with E-state index in [4.69, 9.17) is 9.26 Å². The third-order valence-corrected chi connectivity index (χ3v) is 3.96. The lowest BCUT2D eigenvalue weighted by atomic mass is 10.1. The lowest BCUT2D eigenvalue weighted by molar-refractivity contribution is 0.113. The lowest BCUT2D eigenvalue weighted by Gasteiger charge is -2.17. The molecule has 1 aliphatic heterocycles. The first-order valence-corrected chi connectivity index (χ1v) is 7.48. The summed E-state index contributed by atoms with van der Waals surface area (Å²) < 4.78 is 10.9. The van der Waals surface area contributed by atoms with Crippen LogP contribution in [0, 0.1) is 0 Å². The summed E-state index contributed by atoms with van der Waals surface area (Å²) in [5, 5.41) is 7.59. The summed E-state index contributed by atoms with van der Waals surface area (Å²) in [6, 6.07) is 10.3. The van der Waals surface area contributed by atoms with Gasteiger partial charge in [-0.05, 0) is 13.3 Å². The van der Waals surface area contributed by atoms with Gasteiger partial charge in [0.25, 0.3) is 0 Å². The van der Waals surface area contributed by atoms with Crippen LogP contribution in [-0.4, -0.2) is 35.4 Å². The average Bonchev–Trinajstić information content (AvgIpc) is 3.15. The summed E-state index contributed by atoms with van der Waals surface area (Å²) in [5.74, 6) is 1.51. The number of hydrogen-bond acceptors (Lipinski definition) is 5. The quantitative estimate of drug-likeness (QED) is 0.916. The molecule has 1 fully saturated rings. The molecular formula is C16H21N3O2. The van der Waals surface area contributed by atoms with Gasteiger partial charge in [-0.25, -0.2) is 0 Å². The Morgan fingerprint density at radius 2 is 2.14 bits per heavy atom. The fraction of sp³-hybridized carbons (Fsp3) is 0.500. The van der Waals surface area contributed by atoms with Crippen molar-refractivity contribution in [3.05, 3.63) is 36.2 Å². The summed E-state index contributed by atoms with van der Waals surface area (Å²) in [5.41, 5.74) is 0.977. The van der Waals surface area contributed by atoms with Crippen LogP contribution in [0.3, 0.4) is 0 Å². The molecule has 1 aliphatic rings. The molecule has 0 spiro atoms. The first-order valence-electron chi connectivity index (χ1n) is 7.48. The number of ether oxygens (including phenoxy) is 1. The highest BCUT2D eigenvalue weighted by molar-refractivity contribution is 5.53. The topological polar surface area (TPSA) is 60.2 Å². The van der Waals surface area contributed by atoms with Crippen molar-refractivity contribution in [2.45, 2.75) is 38.3 Å². The van der Waals surface area contributed by atoms with E-state index in [1.54, 1.807) is 0 Å². The van der Waals surface area contributed by atoms with E-state index in [0.717, 1.165) is 25.1 Å². The number of nitrogens with zero attached hydrogens (tertiary/aromatic N) is 2. The standard InChI is InChI=1S/C16H21N3O2/c1-11(10-17-14-8-9-20-12(14)2)16-18-15(19-21-16)13-6-4-3-5-7-13/h3-7,11-12,14,17H,8-10H2,1-2H3/t11-,12+,14-/m1/s1. The molecule has 0 bridgehead atoms. The number of benzene rings is 1. The van der Waals surface area contributed by atoms with Gasteiger partial charge in [-0.3, -0.25) is 0 Å². The molecule has 5 nitrogen and oxygen atoms in total. The molecule has 5 heteroatoms. The van der Waals surface area contributed by atoms with E-state index >= 15 is 0 Å². The second-order valence-electron chi connectivity index (χ2n) is 5.60. The molecule has 0 unspecified atom stereocenters. The minimum Gasteiger partial charge on any atom is -0.377 e. The third kappa shape index (κ3) is 3.31. The Morgan fingerprint density at radius 3 is 2.86 bits per heavy atom. The Labute approximate surface area is 124 Å². The van der Waals surface area contributed by atoms with Crippen molar-refractivity contribution in [1.82, 2.24) is 15.5 Å². The first-order chi connectivity index (χ1) is 10.2. The number of nitrogens with one attached hydrogen (secondary N) is 1. The van der Waals surface area contributed by atoms with Crippen molar-refractivity contribution < 1.29 is 9.26 Å². The van der Waals surface area contributed by atoms with Crippen molar-refractivity contribution in [1.29, 1.82) is 0 Å². The molecule has 2 heterocycles. The van der Waals surface area contributed by atoms with Crippen molar-refractivity contribution in [3.8, 4) is 11.4 Å². The van der Waals surface area contributed by atoms with Crippen LogP contribution in [0.15, 0.2) is 34.9 Å². The van der Waals surface area contributed by atoms with E-state index in [-0.39, 0.29) is 12.0 Å². The number of hydrogen-bond donors (Lipinski definition) is 1. The second kappa shape index (κ2) is 6.37. The first kappa shape index (κ1) is 14.2. The van der Waals surface area contributed by atoms with E-state index < -0.39 is 0 Å². The van der Waals surface area contributed by atoms with Gasteiger partial charge in [0.1, 0.15) is 0 Å². The Hall–Kier alpha value is -1.72. The van der Waals surface area contributed by atoms with Gasteiger partial charge in [0, 0.05) is 30.7 Å². The highest BCUT2D eigenvalue weighted by Crippen LogP contribution is 2.20. The summed E-state index contributed by atoms with van der Waals surface area (Å²) in [4.78, 5) is 4.50. The molecule has 0 radical (unpaired) electrons. The molecule has 3 atom stereocenters. The van der Waals surface area contributed by atoms with Gasteiger partial charge in [0.05, 0.1) is 6.10 Å². The molecule has 1 aromatic carbocycles. The molecular weight excluding hydrogens is 266 g/mol. The molecule has 1 saturated heterocycles. The maximum Gasteiger partial charge on any atom is 0.231 e. The highest BCUT2D eigenvalue weighted by Gasteiger charge is 2.25. The largest absolute Gasteiger partial charge is 0.377 e. The van der Waals surface area contributed by atoms with E-state index in [9.17, 15) is 0 Å². The van der Waals surface area contributed by atoms with Gasteiger partial charge in [-0.1, -0.05) is 42.4 Å². The van der Waals surface area contributed by atoms with Crippen LogP contribution >= 0.6 is 0 Å². The smallest absolute Gasteiger partial charge is 0.231 e. The Morgan fingerprint density at radius 1 is 1.33 bits per heavy atom. The van der Waals surface area contributed by atoms with Crippen LogP contribution in [0.5, 0.6) is 0 Å². The van der Waals surface area contributed by atoms with Crippen LogP contribution in [0.25, 0.3) is 11.4 Å². The second-order valence-corrected chi connectivity index (χ2v) is 5.60. The molecule has 1 N–H and O–H groups in total. The molecule has 112 valence electrons. The maximum atomic E-state index is 5.55. The molecule has 0 aliphatic carbocycles. The van der Waals surface area contributed by atoms with Gasteiger partial charge in [-0.2, -0.15) is 4.98 Å². The molecule has 0 amide bonds. The summed E-state index contributed by atoms with van der Waals surface area (Å²) in [6.07, 6.45) is 1.34. The summed E-state index contributed by atoms with van der Waals surface area (Å²) in [6.45, 7) is 5.85. The maximum absolute atomic E-state index is 5.55. The molecule has 21 heavy (non-hydrogen) atoms. The number of aromatic nitrogens is 2. The van der Waals surface area contributed by atoms with Gasteiger partial charge in [-0.15, -0.1) is 0 Å². The Kier molecular flexibility index (Phi) is 4.31. The minimum atomic E-state index is 0.183.